The molecule has 174 valence electrons. The SMILES string of the molecule is CCCCn1c2c(c(=O)n(CCCn3nnc(Cc4c(F)cccc4F)n3)c1=O)CC(Cl)=N2. The molecule has 33 heavy (non-hydrogen) atoms. The van der Waals surface area contributed by atoms with Crippen molar-refractivity contribution in [1.29, 1.82) is 0 Å². The van der Waals surface area contributed by atoms with E-state index in [1.807, 2.05) is 6.92 Å². The molecule has 0 N–H and O–H groups in total. The first-order valence-electron chi connectivity index (χ1n) is 10.7. The summed E-state index contributed by atoms with van der Waals surface area (Å²) in [5.74, 6) is -0.832. The summed E-state index contributed by atoms with van der Waals surface area (Å²) in [6, 6.07) is 3.63. The van der Waals surface area contributed by atoms with Gasteiger partial charge in [0, 0.05) is 31.5 Å². The van der Waals surface area contributed by atoms with E-state index in [2.05, 4.69) is 20.4 Å². The van der Waals surface area contributed by atoms with Crippen LogP contribution >= 0.6 is 11.6 Å². The van der Waals surface area contributed by atoms with Crippen LogP contribution in [-0.4, -0.2) is 34.5 Å². The summed E-state index contributed by atoms with van der Waals surface area (Å²) in [6.07, 6.45) is 2.11. The number of tetrazole rings is 1. The number of aromatic nitrogens is 6. The van der Waals surface area contributed by atoms with Gasteiger partial charge in [-0.2, -0.15) is 4.80 Å². The summed E-state index contributed by atoms with van der Waals surface area (Å²) in [6.45, 7) is 2.87. The molecule has 0 saturated heterocycles. The lowest BCUT2D eigenvalue weighted by Gasteiger charge is -2.13. The topological polar surface area (TPSA) is 100.0 Å². The molecule has 0 saturated carbocycles. The molecule has 9 nitrogen and oxygen atoms in total. The lowest BCUT2D eigenvalue weighted by atomic mass is 10.1. The van der Waals surface area contributed by atoms with Gasteiger partial charge in [0.1, 0.15) is 22.6 Å². The summed E-state index contributed by atoms with van der Waals surface area (Å²) in [5.41, 5.74) is -0.534. The number of hydrogen-bond acceptors (Lipinski definition) is 6. The predicted molar refractivity (Wildman–Crippen MR) is 118 cm³/mol. The first kappa shape index (κ1) is 23.0. The molecule has 2 aromatic heterocycles. The zero-order valence-electron chi connectivity index (χ0n) is 18.0. The van der Waals surface area contributed by atoms with Crippen molar-refractivity contribution in [3.8, 4) is 0 Å². The Hall–Kier alpha value is -3.21. The Morgan fingerprint density at radius 3 is 2.52 bits per heavy atom. The smallest absolute Gasteiger partial charge is 0.278 e. The fourth-order valence-electron chi connectivity index (χ4n) is 3.71. The number of unbranched alkanes of at least 4 members (excludes halogenated alkanes) is 1. The maximum atomic E-state index is 13.8. The van der Waals surface area contributed by atoms with Gasteiger partial charge < -0.3 is 0 Å². The molecular weight excluding hydrogens is 456 g/mol. The van der Waals surface area contributed by atoms with Crippen LogP contribution in [0.1, 0.15) is 43.1 Å². The van der Waals surface area contributed by atoms with Crippen LogP contribution in [0, 0.1) is 11.6 Å². The first-order valence-corrected chi connectivity index (χ1v) is 11.1. The number of rotatable bonds is 9. The largest absolute Gasteiger partial charge is 0.332 e. The highest BCUT2D eigenvalue weighted by Gasteiger charge is 2.24. The number of hydrogen-bond donors (Lipinski definition) is 0. The molecule has 0 atom stereocenters. The van der Waals surface area contributed by atoms with Crippen molar-refractivity contribution >= 4 is 22.6 Å². The minimum absolute atomic E-state index is 0.129. The molecule has 1 aromatic carbocycles. The molecule has 1 aliphatic rings. The van der Waals surface area contributed by atoms with Crippen molar-refractivity contribution in [3.05, 3.63) is 67.6 Å². The first-order chi connectivity index (χ1) is 15.9. The molecule has 12 heteroatoms. The fraction of sp³-hybridized carbons (Fsp3) is 0.429. The number of halogens is 3. The third-order valence-electron chi connectivity index (χ3n) is 5.41. The second-order valence-corrected chi connectivity index (χ2v) is 8.18. The summed E-state index contributed by atoms with van der Waals surface area (Å²) in [5, 5.41) is 12.2. The Labute approximate surface area is 192 Å². The van der Waals surface area contributed by atoms with E-state index in [0.717, 1.165) is 12.8 Å². The number of benzene rings is 1. The van der Waals surface area contributed by atoms with Crippen LogP contribution in [-0.2, 0) is 32.5 Å². The van der Waals surface area contributed by atoms with E-state index in [0.29, 0.717) is 24.3 Å². The Bertz CT molecular complexity index is 1310. The molecule has 0 radical (unpaired) electrons. The monoisotopic (exact) mass is 477 g/mol. The molecular formula is C21H22ClF2N7O2. The highest BCUT2D eigenvalue weighted by Crippen LogP contribution is 2.24. The third kappa shape index (κ3) is 4.77. The molecule has 0 amide bonds. The highest BCUT2D eigenvalue weighted by molar-refractivity contribution is 6.66. The van der Waals surface area contributed by atoms with Crippen molar-refractivity contribution in [2.45, 2.75) is 58.7 Å². The van der Waals surface area contributed by atoms with Crippen LogP contribution in [0.4, 0.5) is 14.6 Å². The van der Waals surface area contributed by atoms with Crippen molar-refractivity contribution in [2.24, 2.45) is 4.99 Å². The quantitative estimate of drug-likeness (QED) is 0.471. The molecule has 0 spiro atoms. The van der Waals surface area contributed by atoms with E-state index in [-0.39, 0.29) is 42.5 Å². The Kier molecular flexibility index (Phi) is 6.77. The van der Waals surface area contributed by atoms with Gasteiger partial charge in [-0.05, 0) is 30.2 Å². The summed E-state index contributed by atoms with van der Waals surface area (Å²) in [4.78, 5) is 31.3. The van der Waals surface area contributed by atoms with Crippen LogP contribution in [0.3, 0.4) is 0 Å². The molecule has 0 fully saturated rings. The molecule has 4 rings (SSSR count). The fourth-order valence-corrected chi connectivity index (χ4v) is 3.93. The van der Waals surface area contributed by atoms with Crippen LogP contribution in [0.15, 0.2) is 32.8 Å². The van der Waals surface area contributed by atoms with Gasteiger partial charge in [0.15, 0.2) is 5.82 Å². The summed E-state index contributed by atoms with van der Waals surface area (Å²) in [7, 11) is 0. The molecule has 1 aliphatic heterocycles. The van der Waals surface area contributed by atoms with Gasteiger partial charge in [-0.3, -0.25) is 13.9 Å². The number of fused-ring (bicyclic) bond motifs is 1. The minimum Gasteiger partial charge on any atom is -0.278 e. The van der Waals surface area contributed by atoms with Gasteiger partial charge in [-0.25, -0.2) is 18.6 Å². The van der Waals surface area contributed by atoms with E-state index in [1.54, 1.807) is 0 Å². The number of aryl methyl sites for hydroxylation is 1. The van der Waals surface area contributed by atoms with Crippen LogP contribution in [0.2, 0.25) is 0 Å². The summed E-state index contributed by atoms with van der Waals surface area (Å²) >= 11 is 6.04. The molecule has 0 bridgehead atoms. The predicted octanol–water partition coefficient (Wildman–Crippen LogP) is 2.58. The van der Waals surface area contributed by atoms with Gasteiger partial charge in [0.05, 0.1) is 12.1 Å². The third-order valence-corrected chi connectivity index (χ3v) is 5.62. The highest BCUT2D eigenvalue weighted by atomic mass is 35.5. The zero-order valence-corrected chi connectivity index (χ0v) is 18.7. The number of nitrogens with zero attached hydrogens (tertiary/aromatic N) is 7. The van der Waals surface area contributed by atoms with Crippen molar-refractivity contribution < 1.29 is 8.78 Å². The van der Waals surface area contributed by atoms with Crippen molar-refractivity contribution in [2.75, 3.05) is 0 Å². The normalized spacial score (nSPS) is 12.8. The van der Waals surface area contributed by atoms with Crippen LogP contribution in [0.5, 0.6) is 0 Å². The van der Waals surface area contributed by atoms with E-state index >= 15 is 0 Å². The maximum absolute atomic E-state index is 13.8. The molecule has 3 aromatic rings. The second-order valence-electron chi connectivity index (χ2n) is 7.74. The maximum Gasteiger partial charge on any atom is 0.332 e. The van der Waals surface area contributed by atoms with Crippen LogP contribution in [0.25, 0.3) is 0 Å². The van der Waals surface area contributed by atoms with Gasteiger partial charge in [-0.15, -0.1) is 10.2 Å². The van der Waals surface area contributed by atoms with Gasteiger partial charge >= 0.3 is 5.69 Å². The van der Waals surface area contributed by atoms with E-state index in [1.165, 1.54) is 32.1 Å². The second kappa shape index (κ2) is 9.74. The minimum atomic E-state index is -0.675. The molecule has 0 unspecified atom stereocenters. The van der Waals surface area contributed by atoms with Crippen molar-refractivity contribution in [3.63, 3.8) is 0 Å². The standard InChI is InChI=1S/C21H22ClF2N7O2/c1-2-3-8-29-19-14(11-17(22)25-19)20(32)30(21(29)33)9-5-10-31-27-18(26-28-31)12-13-15(23)6-4-7-16(13)24/h4,6-7H,2-3,5,8-12H2,1H3. The lowest BCUT2D eigenvalue weighted by molar-refractivity contribution is 0.448. The average Bonchev–Trinajstić information content (AvgIpc) is 3.39. The average molecular weight is 478 g/mol. The van der Waals surface area contributed by atoms with Crippen molar-refractivity contribution in [1.82, 2.24) is 29.3 Å². The Morgan fingerprint density at radius 1 is 1.06 bits per heavy atom. The van der Waals surface area contributed by atoms with Gasteiger partial charge in [0.2, 0.25) is 0 Å². The van der Waals surface area contributed by atoms with Gasteiger partial charge in [-0.1, -0.05) is 31.0 Å². The van der Waals surface area contributed by atoms with Crippen LogP contribution < -0.4 is 11.2 Å². The lowest BCUT2D eigenvalue weighted by Crippen LogP contribution is -2.41. The van der Waals surface area contributed by atoms with Gasteiger partial charge in [0.25, 0.3) is 5.56 Å². The Morgan fingerprint density at radius 2 is 1.79 bits per heavy atom. The summed E-state index contributed by atoms with van der Waals surface area (Å²) < 4.78 is 30.4. The molecule has 3 heterocycles. The van der Waals surface area contributed by atoms with E-state index < -0.39 is 22.9 Å². The molecule has 0 aliphatic carbocycles. The van der Waals surface area contributed by atoms with E-state index in [4.69, 9.17) is 11.6 Å². The zero-order chi connectivity index (χ0) is 23.5. The van der Waals surface area contributed by atoms with E-state index in [9.17, 15) is 18.4 Å². The Balaban J connectivity index is 1.47. The number of aliphatic imine (C=N–C) groups is 1.